The van der Waals surface area contributed by atoms with Crippen molar-refractivity contribution in [1.29, 1.82) is 0 Å². The summed E-state index contributed by atoms with van der Waals surface area (Å²) in [5.74, 6) is 0.498. The molecule has 4 rings (SSSR count). The number of halogens is 1. The molecule has 5 nitrogen and oxygen atoms in total. The molecule has 1 unspecified atom stereocenters. The molecular weight excluding hydrogens is 360 g/mol. The van der Waals surface area contributed by atoms with Crippen molar-refractivity contribution < 1.29 is 4.79 Å². The van der Waals surface area contributed by atoms with Crippen LogP contribution >= 0.6 is 11.6 Å². The number of benzene rings is 2. The lowest BCUT2D eigenvalue weighted by Crippen LogP contribution is -2.38. The number of nitrogens with one attached hydrogen (secondary N) is 2. The minimum atomic E-state index is -0.172. The molecule has 1 atom stereocenters. The van der Waals surface area contributed by atoms with E-state index in [1.54, 1.807) is 10.9 Å². The zero-order valence-electron chi connectivity index (χ0n) is 14.8. The van der Waals surface area contributed by atoms with Crippen LogP contribution in [-0.2, 0) is 6.54 Å². The first-order valence-electron chi connectivity index (χ1n) is 9.08. The summed E-state index contributed by atoms with van der Waals surface area (Å²) >= 11 is 5.97. The van der Waals surface area contributed by atoms with Crippen LogP contribution in [0, 0.1) is 5.92 Å². The van der Waals surface area contributed by atoms with Crippen molar-refractivity contribution in [1.82, 2.24) is 20.4 Å². The molecule has 0 bridgehead atoms. The van der Waals surface area contributed by atoms with Gasteiger partial charge in [-0.2, -0.15) is 5.10 Å². The summed E-state index contributed by atoms with van der Waals surface area (Å²) in [7, 11) is 0. The van der Waals surface area contributed by atoms with Gasteiger partial charge in [-0.15, -0.1) is 0 Å². The molecule has 0 aliphatic heterocycles. The first kappa shape index (κ1) is 17.6. The second kappa shape index (κ2) is 7.84. The highest BCUT2D eigenvalue weighted by Gasteiger charge is 2.33. The predicted molar refractivity (Wildman–Crippen MR) is 106 cm³/mol. The first-order valence-corrected chi connectivity index (χ1v) is 9.45. The Morgan fingerprint density at radius 1 is 1.15 bits per heavy atom. The van der Waals surface area contributed by atoms with Gasteiger partial charge in [-0.1, -0.05) is 41.9 Å². The van der Waals surface area contributed by atoms with E-state index >= 15 is 0 Å². The van der Waals surface area contributed by atoms with Gasteiger partial charge < -0.3 is 10.6 Å². The molecule has 2 aromatic carbocycles. The van der Waals surface area contributed by atoms with Gasteiger partial charge in [0.2, 0.25) is 0 Å². The van der Waals surface area contributed by atoms with Gasteiger partial charge in [-0.3, -0.25) is 0 Å². The highest BCUT2D eigenvalue weighted by Crippen LogP contribution is 2.41. The SMILES string of the molecule is O=C(NCc1cnn(-c2ccccc2)c1)NC(c1ccc(Cl)cc1)C1CC1. The van der Waals surface area contributed by atoms with Crippen molar-refractivity contribution >= 4 is 17.6 Å². The second-order valence-corrected chi connectivity index (χ2v) is 7.26. The number of urea groups is 1. The molecular formula is C21H21ClN4O. The van der Waals surface area contributed by atoms with E-state index in [1.807, 2.05) is 60.8 Å². The van der Waals surface area contributed by atoms with E-state index in [1.165, 1.54) is 0 Å². The Balaban J connectivity index is 1.35. The average molecular weight is 381 g/mol. The number of aromatic nitrogens is 2. The molecule has 0 radical (unpaired) electrons. The zero-order valence-corrected chi connectivity index (χ0v) is 15.6. The molecule has 1 aliphatic rings. The number of para-hydroxylation sites is 1. The Morgan fingerprint density at radius 3 is 2.59 bits per heavy atom. The topological polar surface area (TPSA) is 59.0 Å². The Kier molecular flexibility index (Phi) is 5.12. The lowest BCUT2D eigenvalue weighted by molar-refractivity contribution is 0.235. The van der Waals surface area contributed by atoms with Crippen LogP contribution in [0.2, 0.25) is 5.02 Å². The van der Waals surface area contributed by atoms with Crippen LogP contribution < -0.4 is 10.6 Å². The van der Waals surface area contributed by atoms with E-state index in [0.717, 1.165) is 29.7 Å². The third-order valence-corrected chi connectivity index (χ3v) is 4.97. The van der Waals surface area contributed by atoms with Gasteiger partial charge in [0.1, 0.15) is 0 Å². The largest absolute Gasteiger partial charge is 0.334 e. The maximum Gasteiger partial charge on any atom is 0.315 e. The molecule has 1 fully saturated rings. The van der Waals surface area contributed by atoms with E-state index < -0.39 is 0 Å². The van der Waals surface area contributed by atoms with Crippen molar-refractivity contribution in [3.8, 4) is 5.69 Å². The van der Waals surface area contributed by atoms with E-state index in [2.05, 4.69) is 15.7 Å². The minimum absolute atomic E-state index is 0.0225. The fourth-order valence-electron chi connectivity index (χ4n) is 3.12. The fourth-order valence-corrected chi connectivity index (χ4v) is 3.25. The van der Waals surface area contributed by atoms with Gasteiger partial charge in [0.05, 0.1) is 17.9 Å². The molecule has 2 N–H and O–H groups in total. The van der Waals surface area contributed by atoms with Crippen molar-refractivity contribution in [2.24, 2.45) is 5.92 Å². The maximum atomic E-state index is 12.4. The molecule has 1 heterocycles. The summed E-state index contributed by atoms with van der Waals surface area (Å²) in [6.45, 7) is 0.427. The summed E-state index contributed by atoms with van der Waals surface area (Å²) in [5, 5.41) is 11.1. The number of carbonyl (C=O) groups is 1. The van der Waals surface area contributed by atoms with Crippen molar-refractivity contribution in [3.05, 3.63) is 83.1 Å². The van der Waals surface area contributed by atoms with Crippen LogP contribution in [-0.4, -0.2) is 15.8 Å². The molecule has 1 aliphatic carbocycles. The maximum absolute atomic E-state index is 12.4. The molecule has 6 heteroatoms. The molecule has 1 aromatic heterocycles. The number of hydrogen-bond acceptors (Lipinski definition) is 2. The Hall–Kier alpha value is -2.79. The summed E-state index contributed by atoms with van der Waals surface area (Å²) in [6, 6.07) is 17.4. The number of rotatable bonds is 6. The van der Waals surface area contributed by atoms with Crippen LogP contribution in [0.15, 0.2) is 67.0 Å². The van der Waals surface area contributed by atoms with Gasteiger partial charge in [-0.25, -0.2) is 9.48 Å². The molecule has 2 amide bonds. The lowest BCUT2D eigenvalue weighted by atomic mass is 10.0. The van der Waals surface area contributed by atoms with Gasteiger partial charge in [-0.05, 0) is 48.6 Å². The van der Waals surface area contributed by atoms with Crippen LogP contribution in [0.3, 0.4) is 0 Å². The number of amides is 2. The summed E-state index contributed by atoms with van der Waals surface area (Å²) in [6.07, 6.45) is 5.97. The Bertz CT molecular complexity index is 903. The standard InChI is InChI=1S/C21H21ClN4O/c22-18-10-8-17(9-11-18)20(16-6-7-16)25-21(27)23-12-15-13-24-26(14-15)19-4-2-1-3-5-19/h1-5,8-11,13-14,16,20H,6-7,12H2,(H2,23,25,27). The van der Waals surface area contributed by atoms with Crippen LogP contribution in [0.25, 0.3) is 5.69 Å². The predicted octanol–water partition coefficient (Wildman–Crippen LogP) is 4.48. The van der Waals surface area contributed by atoms with E-state index in [0.29, 0.717) is 17.5 Å². The van der Waals surface area contributed by atoms with Crippen molar-refractivity contribution in [2.45, 2.75) is 25.4 Å². The summed E-state index contributed by atoms with van der Waals surface area (Å²) < 4.78 is 1.80. The average Bonchev–Trinajstić information content (AvgIpc) is 3.43. The monoisotopic (exact) mass is 380 g/mol. The summed E-state index contributed by atoms with van der Waals surface area (Å²) in [5.41, 5.74) is 3.03. The number of nitrogens with zero attached hydrogens (tertiary/aromatic N) is 2. The third kappa shape index (κ3) is 4.49. The van der Waals surface area contributed by atoms with E-state index in [-0.39, 0.29) is 12.1 Å². The number of carbonyl (C=O) groups excluding carboxylic acids is 1. The molecule has 1 saturated carbocycles. The van der Waals surface area contributed by atoms with Gasteiger partial charge in [0, 0.05) is 23.3 Å². The van der Waals surface area contributed by atoms with Gasteiger partial charge >= 0.3 is 6.03 Å². The normalized spacial score (nSPS) is 14.6. The Morgan fingerprint density at radius 2 is 1.89 bits per heavy atom. The highest BCUT2D eigenvalue weighted by atomic mass is 35.5. The van der Waals surface area contributed by atoms with Gasteiger partial charge in [0.15, 0.2) is 0 Å². The smallest absolute Gasteiger partial charge is 0.315 e. The quantitative estimate of drug-likeness (QED) is 0.662. The molecule has 0 saturated heterocycles. The van der Waals surface area contributed by atoms with Crippen molar-refractivity contribution in [3.63, 3.8) is 0 Å². The Labute approximate surface area is 163 Å². The van der Waals surface area contributed by atoms with Crippen LogP contribution in [0.4, 0.5) is 4.79 Å². The lowest BCUT2D eigenvalue weighted by Gasteiger charge is -2.19. The zero-order chi connectivity index (χ0) is 18.6. The van der Waals surface area contributed by atoms with Crippen LogP contribution in [0.1, 0.15) is 30.0 Å². The van der Waals surface area contributed by atoms with Crippen LogP contribution in [0.5, 0.6) is 0 Å². The van der Waals surface area contributed by atoms with E-state index in [4.69, 9.17) is 11.6 Å². The molecule has 0 spiro atoms. The minimum Gasteiger partial charge on any atom is -0.334 e. The first-order chi connectivity index (χ1) is 13.2. The molecule has 138 valence electrons. The third-order valence-electron chi connectivity index (χ3n) is 4.72. The summed E-state index contributed by atoms with van der Waals surface area (Å²) in [4.78, 5) is 12.4. The van der Waals surface area contributed by atoms with Crippen molar-refractivity contribution in [2.75, 3.05) is 0 Å². The fraction of sp³-hybridized carbons (Fsp3) is 0.238. The second-order valence-electron chi connectivity index (χ2n) is 6.82. The molecule has 27 heavy (non-hydrogen) atoms. The number of hydrogen-bond donors (Lipinski definition) is 2. The van der Waals surface area contributed by atoms with E-state index in [9.17, 15) is 4.79 Å². The highest BCUT2D eigenvalue weighted by molar-refractivity contribution is 6.30. The molecule has 3 aromatic rings. The van der Waals surface area contributed by atoms with Gasteiger partial charge in [0.25, 0.3) is 0 Å².